The second kappa shape index (κ2) is 7.40. The molecule has 0 aliphatic carbocycles. The van der Waals surface area contributed by atoms with E-state index in [2.05, 4.69) is 4.98 Å². The summed E-state index contributed by atoms with van der Waals surface area (Å²) in [6.07, 6.45) is 2.93. The van der Waals surface area contributed by atoms with Crippen molar-refractivity contribution >= 4 is 27.5 Å². The number of nitrogens with zero attached hydrogens (tertiary/aromatic N) is 3. The molecule has 8 heteroatoms. The minimum atomic E-state index is -0.344. The van der Waals surface area contributed by atoms with E-state index < -0.39 is 0 Å². The Bertz CT molecular complexity index is 1180. The van der Waals surface area contributed by atoms with E-state index in [-0.39, 0.29) is 23.8 Å². The molecule has 0 aliphatic heterocycles. The summed E-state index contributed by atoms with van der Waals surface area (Å²) in [4.78, 5) is 31.9. The maximum absolute atomic E-state index is 13.2. The average molecular weight is 397 g/mol. The second-order valence-corrected chi connectivity index (χ2v) is 7.20. The summed E-state index contributed by atoms with van der Waals surface area (Å²) < 4.78 is 19.8. The highest BCUT2D eigenvalue weighted by Gasteiger charge is 2.17. The minimum Gasteiger partial charge on any atom is -0.467 e. The lowest BCUT2D eigenvalue weighted by atomic mass is 10.1. The van der Waals surface area contributed by atoms with Crippen molar-refractivity contribution in [2.24, 2.45) is 0 Å². The summed E-state index contributed by atoms with van der Waals surface area (Å²) in [5.74, 6) is 0.0791. The van der Waals surface area contributed by atoms with E-state index in [1.165, 1.54) is 39.3 Å². The number of hydrogen-bond donors (Lipinski definition) is 0. The molecule has 1 amide bonds. The molecule has 142 valence electrons. The van der Waals surface area contributed by atoms with Crippen LogP contribution < -0.4 is 5.56 Å². The number of likely N-dealkylation sites (N-methyl/N-ethyl adjacent to an activating group) is 1. The quantitative estimate of drug-likeness (QED) is 0.517. The molecule has 6 nitrogen and oxygen atoms in total. The molecule has 0 saturated heterocycles. The fourth-order valence-electron chi connectivity index (χ4n) is 2.91. The van der Waals surface area contributed by atoms with Gasteiger partial charge in [-0.1, -0.05) is 12.1 Å². The summed E-state index contributed by atoms with van der Waals surface area (Å²) in [5, 5.41) is 2.25. The second-order valence-electron chi connectivity index (χ2n) is 6.34. The van der Waals surface area contributed by atoms with E-state index in [1.54, 1.807) is 37.6 Å². The predicted molar refractivity (Wildman–Crippen MR) is 104 cm³/mol. The van der Waals surface area contributed by atoms with Crippen LogP contribution in [0.25, 0.3) is 21.3 Å². The Morgan fingerprint density at radius 3 is 2.79 bits per heavy atom. The molecule has 0 bridgehead atoms. The Morgan fingerprint density at radius 1 is 1.29 bits per heavy atom. The third kappa shape index (κ3) is 3.46. The molecule has 1 aromatic carbocycles. The molecule has 0 N–H and O–H groups in total. The van der Waals surface area contributed by atoms with Gasteiger partial charge in [0.25, 0.3) is 5.56 Å². The summed E-state index contributed by atoms with van der Waals surface area (Å²) in [6, 6.07) is 9.47. The van der Waals surface area contributed by atoms with Crippen LogP contribution in [0.5, 0.6) is 0 Å². The van der Waals surface area contributed by atoms with Gasteiger partial charge < -0.3 is 9.32 Å². The number of furan rings is 1. The van der Waals surface area contributed by atoms with Gasteiger partial charge in [-0.05, 0) is 29.8 Å². The van der Waals surface area contributed by atoms with Gasteiger partial charge >= 0.3 is 0 Å². The van der Waals surface area contributed by atoms with Crippen molar-refractivity contribution in [1.29, 1.82) is 0 Å². The van der Waals surface area contributed by atoms with Gasteiger partial charge in [-0.3, -0.25) is 14.2 Å². The maximum Gasteiger partial charge on any atom is 0.263 e. The molecular formula is C20H16FN3O3S. The standard InChI is InChI=1S/C20H16FN3O3S/c1-23(9-15-3-2-8-27-15)17(25)10-24-12-22-19-18(20(24)26)16(11-28-19)13-4-6-14(21)7-5-13/h2-8,11-12H,9-10H2,1H3. The fraction of sp³-hybridized carbons (Fsp3) is 0.150. The van der Waals surface area contributed by atoms with Gasteiger partial charge in [0.1, 0.15) is 23.0 Å². The number of carbonyl (C=O) groups is 1. The number of halogens is 1. The van der Waals surface area contributed by atoms with Crippen molar-refractivity contribution in [3.8, 4) is 11.1 Å². The molecule has 0 spiro atoms. The molecule has 3 aromatic heterocycles. The first-order valence-electron chi connectivity index (χ1n) is 8.52. The monoisotopic (exact) mass is 397 g/mol. The summed E-state index contributed by atoms with van der Waals surface area (Å²) in [6.45, 7) is 0.188. The molecule has 0 atom stereocenters. The van der Waals surface area contributed by atoms with Crippen LogP contribution in [0.15, 0.2) is 63.6 Å². The Morgan fingerprint density at radius 2 is 2.07 bits per heavy atom. The number of aromatic nitrogens is 2. The highest BCUT2D eigenvalue weighted by molar-refractivity contribution is 7.17. The van der Waals surface area contributed by atoms with Crippen LogP contribution in [-0.2, 0) is 17.9 Å². The van der Waals surface area contributed by atoms with Gasteiger partial charge in [-0.25, -0.2) is 9.37 Å². The van der Waals surface area contributed by atoms with Crippen molar-refractivity contribution in [1.82, 2.24) is 14.5 Å². The van der Waals surface area contributed by atoms with E-state index in [0.717, 1.165) is 5.56 Å². The summed E-state index contributed by atoms with van der Waals surface area (Å²) in [7, 11) is 1.65. The average Bonchev–Trinajstić information content (AvgIpc) is 3.34. The number of benzene rings is 1. The highest BCUT2D eigenvalue weighted by Crippen LogP contribution is 2.30. The Kier molecular flexibility index (Phi) is 4.79. The molecular weight excluding hydrogens is 381 g/mol. The smallest absolute Gasteiger partial charge is 0.263 e. The predicted octanol–water partition coefficient (Wildman–Crippen LogP) is 3.52. The third-order valence-electron chi connectivity index (χ3n) is 4.42. The zero-order valence-electron chi connectivity index (χ0n) is 15.0. The number of fused-ring (bicyclic) bond motifs is 1. The van der Waals surface area contributed by atoms with Gasteiger partial charge in [0, 0.05) is 18.0 Å². The third-order valence-corrected chi connectivity index (χ3v) is 5.31. The molecule has 0 unspecified atom stereocenters. The van der Waals surface area contributed by atoms with Crippen LogP contribution in [0.1, 0.15) is 5.76 Å². The topological polar surface area (TPSA) is 68.3 Å². The number of amides is 1. The van der Waals surface area contributed by atoms with Crippen LogP contribution in [0, 0.1) is 5.82 Å². The fourth-order valence-corrected chi connectivity index (χ4v) is 3.82. The lowest BCUT2D eigenvalue weighted by Crippen LogP contribution is -2.33. The Hall–Kier alpha value is -3.26. The van der Waals surface area contributed by atoms with E-state index in [9.17, 15) is 14.0 Å². The van der Waals surface area contributed by atoms with Crippen LogP contribution in [0.4, 0.5) is 4.39 Å². The Balaban J connectivity index is 1.64. The van der Waals surface area contributed by atoms with Crippen LogP contribution in [0.3, 0.4) is 0 Å². The van der Waals surface area contributed by atoms with Crippen LogP contribution in [-0.4, -0.2) is 27.4 Å². The number of thiophene rings is 1. The minimum absolute atomic E-state index is 0.127. The van der Waals surface area contributed by atoms with E-state index in [0.29, 0.717) is 28.1 Å². The number of carbonyl (C=O) groups excluding carboxylic acids is 1. The zero-order chi connectivity index (χ0) is 19.7. The molecule has 0 fully saturated rings. The van der Waals surface area contributed by atoms with Crippen molar-refractivity contribution in [2.75, 3.05) is 7.05 Å². The van der Waals surface area contributed by atoms with Gasteiger partial charge in [0.05, 0.1) is 24.5 Å². The molecule has 3 heterocycles. The molecule has 28 heavy (non-hydrogen) atoms. The molecule has 0 radical (unpaired) electrons. The first kappa shape index (κ1) is 18.1. The largest absolute Gasteiger partial charge is 0.467 e. The lowest BCUT2D eigenvalue weighted by molar-refractivity contribution is -0.131. The van der Waals surface area contributed by atoms with E-state index >= 15 is 0 Å². The zero-order valence-corrected chi connectivity index (χ0v) is 15.8. The van der Waals surface area contributed by atoms with Crippen LogP contribution in [0.2, 0.25) is 0 Å². The molecule has 0 saturated carbocycles. The van der Waals surface area contributed by atoms with Crippen molar-refractivity contribution in [3.63, 3.8) is 0 Å². The lowest BCUT2D eigenvalue weighted by Gasteiger charge is -2.16. The summed E-state index contributed by atoms with van der Waals surface area (Å²) in [5.41, 5.74) is 1.11. The van der Waals surface area contributed by atoms with Gasteiger partial charge in [0.15, 0.2) is 0 Å². The maximum atomic E-state index is 13.2. The van der Waals surface area contributed by atoms with Crippen molar-refractivity contribution in [2.45, 2.75) is 13.1 Å². The van der Waals surface area contributed by atoms with Crippen LogP contribution >= 0.6 is 11.3 Å². The summed E-state index contributed by atoms with van der Waals surface area (Å²) >= 11 is 1.34. The normalized spacial score (nSPS) is 11.1. The highest BCUT2D eigenvalue weighted by atomic mass is 32.1. The van der Waals surface area contributed by atoms with Gasteiger partial charge in [0.2, 0.25) is 5.91 Å². The first-order valence-corrected chi connectivity index (χ1v) is 9.40. The van der Waals surface area contributed by atoms with Crippen molar-refractivity contribution < 1.29 is 13.6 Å². The first-order chi connectivity index (χ1) is 13.5. The number of rotatable bonds is 5. The number of hydrogen-bond acceptors (Lipinski definition) is 5. The SMILES string of the molecule is CN(Cc1ccco1)C(=O)Cn1cnc2scc(-c3ccc(F)cc3)c2c1=O. The molecule has 0 aliphatic rings. The Labute approximate surface area is 163 Å². The van der Waals surface area contributed by atoms with Gasteiger partial charge in [-0.2, -0.15) is 0 Å². The molecule has 4 aromatic rings. The van der Waals surface area contributed by atoms with E-state index in [1.807, 2.05) is 5.38 Å². The van der Waals surface area contributed by atoms with Crippen molar-refractivity contribution in [3.05, 3.63) is 76.3 Å². The molecule has 4 rings (SSSR count). The van der Waals surface area contributed by atoms with E-state index in [4.69, 9.17) is 4.42 Å². The van der Waals surface area contributed by atoms with Gasteiger partial charge in [-0.15, -0.1) is 11.3 Å².